The number of nitrogens with one attached hydrogen (secondary N) is 2. The van der Waals surface area contributed by atoms with Gasteiger partial charge in [-0.25, -0.2) is 18.2 Å². The number of nitrogens with zero attached hydrogens (tertiary/aromatic N) is 1. The summed E-state index contributed by atoms with van der Waals surface area (Å²) in [7, 11) is 0. The van der Waals surface area contributed by atoms with Crippen LogP contribution in [0.15, 0.2) is 59.3 Å². The van der Waals surface area contributed by atoms with Gasteiger partial charge in [-0.2, -0.15) is 4.39 Å². The first-order valence-electron chi connectivity index (χ1n) is 11.0. The van der Waals surface area contributed by atoms with Gasteiger partial charge in [0.1, 0.15) is 23.1 Å². The Hall–Kier alpha value is -3.79. The van der Waals surface area contributed by atoms with Crippen LogP contribution in [-0.2, 0) is 0 Å². The molecule has 0 saturated heterocycles. The van der Waals surface area contributed by atoms with E-state index in [0.717, 1.165) is 27.5 Å². The maximum absolute atomic E-state index is 14.8. The van der Waals surface area contributed by atoms with Crippen molar-refractivity contribution in [3.63, 3.8) is 0 Å². The molecule has 5 aromatic rings. The lowest BCUT2D eigenvalue weighted by Gasteiger charge is -2.25. The number of hydrogen-bond acceptors (Lipinski definition) is 3. The number of benzene rings is 3. The van der Waals surface area contributed by atoms with Crippen molar-refractivity contribution in [1.82, 2.24) is 15.0 Å². The number of aromatic nitrogens is 3. The van der Waals surface area contributed by atoms with Gasteiger partial charge in [-0.3, -0.25) is 0 Å². The molecule has 0 amide bonds. The zero-order valence-corrected chi connectivity index (χ0v) is 19.9. The number of H-pyrrole nitrogens is 2. The number of halogens is 5. The molecule has 0 fully saturated rings. The van der Waals surface area contributed by atoms with Crippen molar-refractivity contribution in [2.75, 3.05) is 6.61 Å². The molecule has 0 spiro atoms. The van der Waals surface area contributed by atoms with E-state index in [1.807, 2.05) is 18.2 Å². The first kappa shape index (κ1) is 22.7. The molecule has 0 bridgehead atoms. The highest BCUT2D eigenvalue weighted by molar-refractivity contribution is 9.10. The van der Waals surface area contributed by atoms with Crippen molar-refractivity contribution >= 4 is 26.8 Å². The monoisotopic (exact) mass is 557 g/mol. The zero-order valence-electron chi connectivity index (χ0n) is 18.3. The lowest BCUT2D eigenvalue weighted by Crippen LogP contribution is -2.15. The standard InChI is InChI=1S/C26H16BrF4N3O2/c27-17-3-1-2-14-13(7-9-35-24(14)17)19-11-33-26(34-19)16-10-12(4-5-18(16)28)36-25-20(29)15-6-8-32-23(15)21(30)22(25)31/h1-6,8,10-11,13,32H,7,9H2,(H,33,34). The first-order chi connectivity index (χ1) is 17.4. The van der Waals surface area contributed by atoms with Crippen molar-refractivity contribution in [1.29, 1.82) is 0 Å². The van der Waals surface area contributed by atoms with Crippen molar-refractivity contribution in [3.8, 4) is 28.6 Å². The van der Waals surface area contributed by atoms with E-state index in [-0.39, 0.29) is 34.0 Å². The van der Waals surface area contributed by atoms with Gasteiger partial charge in [0.05, 0.1) is 22.2 Å². The maximum Gasteiger partial charge on any atom is 0.206 e. The number of imidazole rings is 1. The van der Waals surface area contributed by atoms with Crippen molar-refractivity contribution in [2.45, 2.75) is 12.3 Å². The quantitative estimate of drug-likeness (QED) is 0.177. The molecule has 36 heavy (non-hydrogen) atoms. The highest BCUT2D eigenvalue weighted by atomic mass is 79.9. The summed E-state index contributed by atoms with van der Waals surface area (Å²) in [5, 5.41) is -0.162. The summed E-state index contributed by atoms with van der Waals surface area (Å²) in [6.07, 6.45) is 3.61. The fourth-order valence-electron chi connectivity index (χ4n) is 4.48. The van der Waals surface area contributed by atoms with Crippen LogP contribution >= 0.6 is 15.9 Å². The summed E-state index contributed by atoms with van der Waals surface area (Å²) < 4.78 is 70.5. The van der Waals surface area contributed by atoms with Crippen LogP contribution in [0, 0.1) is 23.3 Å². The third kappa shape index (κ3) is 3.63. The summed E-state index contributed by atoms with van der Waals surface area (Å²) >= 11 is 3.50. The van der Waals surface area contributed by atoms with Gasteiger partial charge in [0.15, 0.2) is 11.6 Å². The number of ether oxygens (including phenoxy) is 2. The average molecular weight is 558 g/mol. The molecule has 5 nitrogen and oxygen atoms in total. The minimum absolute atomic E-state index is 0.0317. The highest BCUT2D eigenvalue weighted by Crippen LogP contribution is 2.42. The van der Waals surface area contributed by atoms with E-state index in [0.29, 0.717) is 13.0 Å². The van der Waals surface area contributed by atoms with Crippen molar-refractivity contribution < 1.29 is 27.0 Å². The number of aromatic amines is 2. The summed E-state index contributed by atoms with van der Waals surface area (Å²) in [6.45, 7) is 0.505. The number of para-hydroxylation sites is 1. The lowest BCUT2D eigenvalue weighted by molar-refractivity contribution is 0.274. The molecule has 2 N–H and O–H groups in total. The predicted molar refractivity (Wildman–Crippen MR) is 128 cm³/mol. The van der Waals surface area contributed by atoms with Gasteiger partial charge in [0.2, 0.25) is 11.6 Å². The van der Waals surface area contributed by atoms with E-state index in [1.54, 1.807) is 6.20 Å². The summed E-state index contributed by atoms with van der Waals surface area (Å²) in [4.78, 5) is 9.94. The fraction of sp³-hybridized carbons (Fsp3) is 0.115. The van der Waals surface area contributed by atoms with Crippen LogP contribution in [0.4, 0.5) is 17.6 Å². The van der Waals surface area contributed by atoms with E-state index < -0.39 is 29.0 Å². The minimum Gasteiger partial charge on any atom is -0.492 e. The second kappa shape index (κ2) is 8.70. The molecule has 2 aromatic heterocycles. The van der Waals surface area contributed by atoms with Crippen LogP contribution in [0.3, 0.4) is 0 Å². The molecule has 1 atom stereocenters. The molecular weight excluding hydrogens is 542 g/mol. The Kier molecular flexibility index (Phi) is 5.48. The normalized spacial score (nSPS) is 15.1. The molecule has 3 heterocycles. The SMILES string of the molecule is Fc1ccc(Oc2c(F)c(F)c3[nH]ccc3c2F)cc1-c1ncc(C2CCOc3c(Br)cccc32)[nH]1. The largest absolute Gasteiger partial charge is 0.492 e. The van der Waals surface area contributed by atoms with E-state index in [4.69, 9.17) is 9.47 Å². The van der Waals surface area contributed by atoms with Gasteiger partial charge in [-0.05, 0) is 52.7 Å². The lowest BCUT2D eigenvalue weighted by atomic mass is 9.91. The van der Waals surface area contributed by atoms with Gasteiger partial charge in [0, 0.05) is 35.0 Å². The van der Waals surface area contributed by atoms with Crippen molar-refractivity contribution in [2.24, 2.45) is 0 Å². The van der Waals surface area contributed by atoms with Gasteiger partial charge in [-0.15, -0.1) is 0 Å². The van der Waals surface area contributed by atoms with Crippen molar-refractivity contribution in [3.05, 3.63) is 93.9 Å². The second-order valence-corrected chi connectivity index (χ2v) is 9.17. The minimum atomic E-state index is -1.49. The van der Waals surface area contributed by atoms with Gasteiger partial charge in [0.25, 0.3) is 0 Å². The molecule has 182 valence electrons. The molecule has 6 rings (SSSR count). The second-order valence-electron chi connectivity index (χ2n) is 8.32. The third-order valence-electron chi connectivity index (χ3n) is 6.20. The molecule has 0 saturated carbocycles. The molecule has 10 heteroatoms. The van der Waals surface area contributed by atoms with Crippen LogP contribution in [0.25, 0.3) is 22.3 Å². The zero-order chi connectivity index (χ0) is 25.0. The third-order valence-corrected chi connectivity index (χ3v) is 6.83. The summed E-state index contributed by atoms with van der Waals surface area (Å²) in [5.74, 6) is -4.53. The van der Waals surface area contributed by atoms with Gasteiger partial charge < -0.3 is 19.4 Å². The van der Waals surface area contributed by atoms with Crippen LogP contribution < -0.4 is 9.47 Å². The van der Waals surface area contributed by atoms with E-state index >= 15 is 0 Å². The van der Waals surface area contributed by atoms with E-state index in [2.05, 4.69) is 30.9 Å². The smallest absolute Gasteiger partial charge is 0.206 e. The Bertz CT molecular complexity index is 1630. The first-order valence-corrected chi connectivity index (χ1v) is 11.8. The Morgan fingerprint density at radius 2 is 1.89 bits per heavy atom. The Morgan fingerprint density at radius 1 is 1.03 bits per heavy atom. The van der Waals surface area contributed by atoms with Crippen LogP contribution in [0.5, 0.6) is 17.2 Å². The van der Waals surface area contributed by atoms with Crippen LogP contribution in [0.2, 0.25) is 0 Å². The summed E-state index contributed by atoms with van der Waals surface area (Å²) in [6, 6.07) is 10.6. The molecule has 0 radical (unpaired) electrons. The topological polar surface area (TPSA) is 62.9 Å². The molecule has 1 unspecified atom stereocenters. The Labute approximate surface area is 210 Å². The summed E-state index contributed by atoms with van der Waals surface area (Å²) in [5.41, 5.74) is 1.46. The number of fused-ring (bicyclic) bond motifs is 2. The van der Waals surface area contributed by atoms with Gasteiger partial charge >= 0.3 is 0 Å². The molecule has 1 aliphatic heterocycles. The Balaban J connectivity index is 1.35. The van der Waals surface area contributed by atoms with E-state index in [9.17, 15) is 17.6 Å². The average Bonchev–Trinajstić information content (AvgIpc) is 3.57. The van der Waals surface area contributed by atoms with Crippen LogP contribution in [-0.4, -0.2) is 21.6 Å². The molecule has 3 aromatic carbocycles. The highest BCUT2D eigenvalue weighted by Gasteiger charge is 2.27. The fourth-order valence-corrected chi connectivity index (χ4v) is 4.97. The van der Waals surface area contributed by atoms with E-state index in [1.165, 1.54) is 24.4 Å². The maximum atomic E-state index is 14.8. The molecule has 1 aliphatic rings. The molecular formula is C26H16BrF4N3O2. The molecule has 0 aliphatic carbocycles. The van der Waals surface area contributed by atoms with Crippen LogP contribution in [0.1, 0.15) is 23.6 Å². The Morgan fingerprint density at radius 3 is 2.75 bits per heavy atom. The number of hydrogen-bond donors (Lipinski definition) is 2. The van der Waals surface area contributed by atoms with Gasteiger partial charge in [-0.1, -0.05) is 12.1 Å². The predicted octanol–water partition coefficient (Wildman–Crippen LogP) is 7.58. The number of rotatable bonds is 4.